The summed E-state index contributed by atoms with van der Waals surface area (Å²) in [7, 11) is 0. The molecule has 2 aromatic rings. The molecule has 0 bridgehead atoms. The fourth-order valence-electron chi connectivity index (χ4n) is 2.52. The predicted molar refractivity (Wildman–Crippen MR) is 107 cm³/mol. The van der Waals surface area contributed by atoms with Gasteiger partial charge in [0.15, 0.2) is 0 Å². The first kappa shape index (κ1) is 21.4. The Hall–Kier alpha value is -2.60. The van der Waals surface area contributed by atoms with E-state index in [2.05, 4.69) is 19.9 Å². The maximum atomic E-state index is 11.9. The van der Waals surface area contributed by atoms with Crippen LogP contribution >= 0.6 is 0 Å². The van der Waals surface area contributed by atoms with Crippen molar-refractivity contribution < 1.29 is 9.53 Å². The number of hydrogen-bond acceptors (Lipinski definition) is 3. The second-order valence-electron chi connectivity index (χ2n) is 6.00. The van der Waals surface area contributed by atoms with Gasteiger partial charge in [0.05, 0.1) is 24.7 Å². The highest BCUT2D eigenvalue weighted by molar-refractivity contribution is 5.97. The van der Waals surface area contributed by atoms with Crippen molar-refractivity contribution in [2.45, 2.75) is 52.9 Å². The number of ether oxygens (including phenoxy) is 1. The number of nitriles is 1. The Kier molecular flexibility index (Phi) is 10.5. The van der Waals surface area contributed by atoms with Crippen LogP contribution < -0.4 is 0 Å². The molecule has 0 unspecified atom stereocenters. The van der Waals surface area contributed by atoms with Crippen molar-refractivity contribution in [3.63, 3.8) is 0 Å². The Morgan fingerprint density at radius 2 is 1.58 bits per heavy atom. The Labute approximate surface area is 157 Å². The van der Waals surface area contributed by atoms with Crippen LogP contribution in [0.4, 0.5) is 0 Å². The molecule has 0 N–H and O–H groups in total. The summed E-state index contributed by atoms with van der Waals surface area (Å²) in [5.74, 6) is -0.316. The fourth-order valence-corrected chi connectivity index (χ4v) is 2.52. The normalized spacial score (nSPS) is 9.62. The Morgan fingerprint density at radius 1 is 0.962 bits per heavy atom. The molecule has 0 aliphatic rings. The van der Waals surface area contributed by atoms with Crippen molar-refractivity contribution in [3.8, 4) is 17.2 Å². The fraction of sp³-hybridized carbons (Fsp3) is 0.391. The van der Waals surface area contributed by atoms with Crippen molar-refractivity contribution in [3.05, 3.63) is 59.7 Å². The van der Waals surface area contributed by atoms with E-state index in [4.69, 9.17) is 10.00 Å². The number of carbonyl (C=O) groups is 1. The van der Waals surface area contributed by atoms with E-state index in [1.807, 2.05) is 42.5 Å². The molecule has 0 amide bonds. The van der Waals surface area contributed by atoms with E-state index in [0.717, 1.165) is 16.7 Å². The lowest BCUT2D eigenvalue weighted by molar-refractivity contribution is 0.0527. The molecule has 0 aliphatic carbocycles. The molecule has 3 heteroatoms. The maximum absolute atomic E-state index is 11.9. The van der Waals surface area contributed by atoms with Gasteiger partial charge in [-0.25, -0.2) is 4.79 Å². The molecule has 0 aliphatic heterocycles. The van der Waals surface area contributed by atoms with Crippen molar-refractivity contribution >= 4 is 5.97 Å². The lowest BCUT2D eigenvalue weighted by Crippen LogP contribution is -2.06. The number of rotatable bonds is 7. The zero-order valence-electron chi connectivity index (χ0n) is 16.1. The minimum Gasteiger partial charge on any atom is -0.462 e. The van der Waals surface area contributed by atoms with Gasteiger partial charge in [0.25, 0.3) is 0 Å². The third kappa shape index (κ3) is 7.11. The van der Waals surface area contributed by atoms with Crippen LogP contribution in [0.2, 0.25) is 0 Å². The second kappa shape index (κ2) is 12.7. The van der Waals surface area contributed by atoms with E-state index in [1.165, 1.54) is 25.7 Å². The first-order valence-corrected chi connectivity index (χ1v) is 9.40. The van der Waals surface area contributed by atoms with Crippen molar-refractivity contribution in [2.75, 3.05) is 6.61 Å². The first-order valence-electron chi connectivity index (χ1n) is 9.40. The maximum Gasteiger partial charge on any atom is 0.338 e. The minimum atomic E-state index is -0.316. The molecular formula is C23H29NO2. The molecule has 0 radical (unpaired) electrons. The van der Waals surface area contributed by atoms with Crippen LogP contribution in [-0.2, 0) is 11.2 Å². The standard InChI is InChI=1S/C17H15NO2.C6H14/c1-2-20-17(19)16-6-4-3-5-15(16)14-9-7-13(8-10-14)11-12-18;1-3-5-6-4-2/h3-10H,2,11H2,1H3;3-6H2,1-2H3. The van der Waals surface area contributed by atoms with Gasteiger partial charge in [0.1, 0.15) is 0 Å². The SMILES string of the molecule is CCCCCC.CCOC(=O)c1ccccc1-c1ccc(CC#N)cc1. The lowest BCUT2D eigenvalue weighted by Gasteiger charge is -2.09. The molecule has 138 valence electrons. The number of carbonyl (C=O) groups excluding carboxylic acids is 1. The predicted octanol–water partition coefficient (Wildman–Crippen LogP) is 6.18. The van der Waals surface area contributed by atoms with E-state index < -0.39 is 0 Å². The van der Waals surface area contributed by atoms with Crippen LogP contribution in [-0.4, -0.2) is 12.6 Å². The summed E-state index contributed by atoms with van der Waals surface area (Å²) in [6.45, 7) is 6.61. The molecule has 0 fully saturated rings. The van der Waals surface area contributed by atoms with Crippen LogP contribution in [0.1, 0.15) is 62.4 Å². The third-order valence-corrected chi connectivity index (χ3v) is 3.93. The van der Waals surface area contributed by atoms with E-state index in [-0.39, 0.29) is 5.97 Å². The van der Waals surface area contributed by atoms with Crippen molar-refractivity contribution in [1.82, 2.24) is 0 Å². The van der Waals surface area contributed by atoms with Gasteiger partial charge in [-0.05, 0) is 29.7 Å². The van der Waals surface area contributed by atoms with Gasteiger partial charge in [0.2, 0.25) is 0 Å². The van der Waals surface area contributed by atoms with E-state index in [1.54, 1.807) is 13.0 Å². The number of hydrogen-bond donors (Lipinski definition) is 0. The van der Waals surface area contributed by atoms with Gasteiger partial charge < -0.3 is 4.74 Å². The summed E-state index contributed by atoms with van der Waals surface area (Å²) in [6.07, 6.45) is 5.93. The molecular weight excluding hydrogens is 322 g/mol. The molecule has 0 saturated heterocycles. The van der Waals surface area contributed by atoms with Crippen LogP contribution in [0, 0.1) is 11.3 Å². The summed E-state index contributed by atoms with van der Waals surface area (Å²) < 4.78 is 5.07. The number of benzene rings is 2. The van der Waals surface area contributed by atoms with Crippen molar-refractivity contribution in [2.24, 2.45) is 0 Å². The van der Waals surface area contributed by atoms with Gasteiger partial charge in [-0.2, -0.15) is 5.26 Å². The third-order valence-electron chi connectivity index (χ3n) is 3.93. The monoisotopic (exact) mass is 351 g/mol. The molecule has 26 heavy (non-hydrogen) atoms. The average Bonchev–Trinajstić information content (AvgIpc) is 2.68. The highest BCUT2D eigenvalue weighted by atomic mass is 16.5. The zero-order valence-corrected chi connectivity index (χ0v) is 16.1. The second-order valence-corrected chi connectivity index (χ2v) is 6.00. The number of unbranched alkanes of at least 4 members (excludes halogenated alkanes) is 3. The lowest BCUT2D eigenvalue weighted by atomic mass is 9.98. The highest BCUT2D eigenvalue weighted by Gasteiger charge is 2.12. The molecule has 3 nitrogen and oxygen atoms in total. The largest absolute Gasteiger partial charge is 0.462 e. The van der Waals surface area contributed by atoms with Gasteiger partial charge in [-0.1, -0.05) is 82.0 Å². The first-order chi connectivity index (χ1) is 12.7. The van der Waals surface area contributed by atoms with E-state index in [0.29, 0.717) is 18.6 Å². The molecule has 0 aromatic heterocycles. The zero-order chi connectivity index (χ0) is 19.2. The van der Waals surface area contributed by atoms with Crippen LogP contribution in [0.5, 0.6) is 0 Å². The molecule has 0 saturated carbocycles. The van der Waals surface area contributed by atoms with E-state index >= 15 is 0 Å². The summed E-state index contributed by atoms with van der Waals surface area (Å²) in [5, 5.41) is 8.67. The summed E-state index contributed by atoms with van der Waals surface area (Å²) in [6, 6.07) is 17.1. The summed E-state index contributed by atoms with van der Waals surface area (Å²) >= 11 is 0. The highest BCUT2D eigenvalue weighted by Crippen LogP contribution is 2.24. The molecule has 0 atom stereocenters. The summed E-state index contributed by atoms with van der Waals surface area (Å²) in [4.78, 5) is 11.9. The molecule has 2 rings (SSSR count). The van der Waals surface area contributed by atoms with Gasteiger partial charge >= 0.3 is 5.97 Å². The number of nitrogens with zero attached hydrogens (tertiary/aromatic N) is 1. The minimum absolute atomic E-state index is 0.316. The van der Waals surface area contributed by atoms with Crippen LogP contribution in [0.15, 0.2) is 48.5 Å². The summed E-state index contributed by atoms with van der Waals surface area (Å²) in [5.41, 5.74) is 3.30. The van der Waals surface area contributed by atoms with Crippen LogP contribution in [0.3, 0.4) is 0 Å². The van der Waals surface area contributed by atoms with Crippen LogP contribution in [0.25, 0.3) is 11.1 Å². The van der Waals surface area contributed by atoms with Gasteiger partial charge in [0, 0.05) is 0 Å². The molecule has 0 heterocycles. The van der Waals surface area contributed by atoms with Gasteiger partial charge in [-0.15, -0.1) is 0 Å². The van der Waals surface area contributed by atoms with Crippen molar-refractivity contribution in [1.29, 1.82) is 5.26 Å². The molecule has 0 spiro atoms. The van der Waals surface area contributed by atoms with E-state index in [9.17, 15) is 4.79 Å². The quantitative estimate of drug-likeness (QED) is 0.442. The Balaban J connectivity index is 0.000000487. The van der Waals surface area contributed by atoms with Gasteiger partial charge in [-0.3, -0.25) is 0 Å². The molecule has 2 aromatic carbocycles. The smallest absolute Gasteiger partial charge is 0.338 e. The number of esters is 1. The topological polar surface area (TPSA) is 50.1 Å². The Morgan fingerprint density at radius 3 is 2.12 bits per heavy atom. The Bertz CT molecular complexity index is 695. The average molecular weight is 351 g/mol.